The molecule has 0 aromatic heterocycles. The molecule has 106 valence electrons. The lowest BCUT2D eigenvalue weighted by Gasteiger charge is -2.25. The molecule has 1 aliphatic heterocycles. The number of halogens is 1. The summed E-state index contributed by atoms with van der Waals surface area (Å²) in [5.74, 6) is -0.585. The quantitative estimate of drug-likeness (QED) is 0.782. The first-order chi connectivity index (χ1) is 8.94. The van der Waals surface area contributed by atoms with Crippen LogP contribution >= 0.6 is 0 Å². The molecule has 7 heteroatoms. The van der Waals surface area contributed by atoms with E-state index >= 15 is 0 Å². The average molecular weight is 287 g/mol. The zero-order valence-corrected chi connectivity index (χ0v) is 11.6. The van der Waals surface area contributed by atoms with Gasteiger partial charge in [-0.25, -0.2) is 12.8 Å². The van der Waals surface area contributed by atoms with Crippen molar-refractivity contribution in [1.82, 2.24) is 5.32 Å². The number of anilines is 2. The number of piperidine rings is 1. The summed E-state index contributed by atoms with van der Waals surface area (Å²) >= 11 is 0. The summed E-state index contributed by atoms with van der Waals surface area (Å²) in [6.07, 6.45) is 3.13. The van der Waals surface area contributed by atoms with Crippen molar-refractivity contribution in [1.29, 1.82) is 0 Å². The predicted molar refractivity (Wildman–Crippen MR) is 74.4 cm³/mol. The average Bonchev–Trinajstić information content (AvgIpc) is 2.33. The third-order valence-corrected chi connectivity index (χ3v) is 3.52. The van der Waals surface area contributed by atoms with Crippen LogP contribution in [-0.4, -0.2) is 33.8 Å². The van der Waals surface area contributed by atoms with E-state index in [9.17, 15) is 12.8 Å². The number of benzene rings is 1. The fourth-order valence-electron chi connectivity index (χ4n) is 2.10. The van der Waals surface area contributed by atoms with Crippen molar-refractivity contribution >= 4 is 21.4 Å². The molecule has 5 nitrogen and oxygen atoms in total. The van der Waals surface area contributed by atoms with Gasteiger partial charge in [-0.1, -0.05) is 0 Å². The fourth-order valence-corrected chi connectivity index (χ4v) is 2.66. The van der Waals surface area contributed by atoms with Gasteiger partial charge in [-0.3, -0.25) is 4.72 Å². The van der Waals surface area contributed by atoms with Gasteiger partial charge in [-0.2, -0.15) is 0 Å². The first-order valence-corrected chi connectivity index (χ1v) is 8.08. The van der Waals surface area contributed by atoms with Gasteiger partial charge in [0.05, 0.1) is 11.9 Å². The van der Waals surface area contributed by atoms with E-state index in [-0.39, 0.29) is 11.7 Å². The minimum atomic E-state index is -3.48. The topological polar surface area (TPSA) is 70.2 Å². The van der Waals surface area contributed by atoms with Crippen LogP contribution in [0.4, 0.5) is 15.8 Å². The molecular formula is C12H18FN3O2S. The van der Waals surface area contributed by atoms with Crippen molar-refractivity contribution in [3.63, 3.8) is 0 Å². The summed E-state index contributed by atoms with van der Waals surface area (Å²) in [6.45, 7) is 1.87. The molecule has 19 heavy (non-hydrogen) atoms. The van der Waals surface area contributed by atoms with Crippen LogP contribution in [0.1, 0.15) is 12.8 Å². The Balaban J connectivity index is 2.11. The van der Waals surface area contributed by atoms with Crippen molar-refractivity contribution < 1.29 is 12.8 Å². The summed E-state index contributed by atoms with van der Waals surface area (Å²) in [6, 6.07) is 4.62. The van der Waals surface area contributed by atoms with Crippen LogP contribution in [-0.2, 0) is 10.0 Å². The number of hydrogen-bond acceptors (Lipinski definition) is 4. The molecule has 1 fully saturated rings. The van der Waals surface area contributed by atoms with Crippen LogP contribution in [0.3, 0.4) is 0 Å². The Morgan fingerprint density at radius 1 is 1.42 bits per heavy atom. The van der Waals surface area contributed by atoms with E-state index in [0.29, 0.717) is 5.69 Å². The third kappa shape index (κ3) is 4.36. The third-order valence-electron chi connectivity index (χ3n) is 2.93. The maximum atomic E-state index is 13.5. The first-order valence-electron chi connectivity index (χ1n) is 6.19. The lowest BCUT2D eigenvalue weighted by molar-refractivity contribution is 0.480. The fraction of sp³-hybridized carbons (Fsp3) is 0.500. The molecule has 0 spiro atoms. The standard InChI is InChI=1S/C12H18FN3O2S/c1-19(17,18)16-12-7-9(4-5-11(12)13)15-10-3-2-6-14-8-10/h4-5,7,10,14-16H,2-3,6,8H2,1H3. The highest BCUT2D eigenvalue weighted by atomic mass is 32.2. The van der Waals surface area contributed by atoms with Crippen molar-refractivity contribution in [3.8, 4) is 0 Å². The van der Waals surface area contributed by atoms with E-state index in [1.807, 2.05) is 0 Å². The van der Waals surface area contributed by atoms with Crippen molar-refractivity contribution in [2.24, 2.45) is 0 Å². The Morgan fingerprint density at radius 3 is 2.84 bits per heavy atom. The van der Waals surface area contributed by atoms with Crippen molar-refractivity contribution in [2.75, 3.05) is 29.4 Å². The number of rotatable bonds is 4. The zero-order chi connectivity index (χ0) is 13.9. The molecule has 1 saturated heterocycles. The molecule has 1 heterocycles. The van der Waals surface area contributed by atoms with Gasteiger partial charge < -0.3 is 10.6 Å². The highest BCUT2D eigenvalue weighted by molar-refractivity contribution is 7.92. The van der Waals surface area contributed by atoms with Gasteiger partial charge in [0, 0.05) is 18.3 Å². The van der Waals surface area contributed by atoms with Crippen LogP contribution < -0.4 is 15.4 Å². The number of sulfonamides is 1. The molecule has 0 saturated carbocycles. The molecule has 1 aliphatic rings. The van der Waals surface area contributed by atoms with E-state index in [1.54, 1.807) is 6.07 Å². The maximum Gasteiger partial charge on any atom is 0.229 e. The first kappa shape index (κ1) is 14.1. The largest absolute Gasteiger partial charge is 0.381 e. The van der Waals surface area contributed by atoms with E-state index in [0.717, 1.165) is 32.2 Å². The molecule has 2 rings (SSSR count). The van der Waals surface area contributed by atoms with Gasteiger partial charge >= 0.3 is 0 Å². The predicted octanol–water partition coefficient (Wildman–Crippen LogP) is 1.36. The molecule has 0 bridgehead atoms. The van der Waals surface area contributed by atoms with E-state index in [2.05, 4.69) is 15.4 Å². The lowest BCUT2D eigenvalue weighted by atomic mass is 10.1. The Morgan fingerprint density at radius 2 is 2.21 bits per heavy atom. The smallest absolute Gasteiger partial charge is 0.229 e. The Labute approximate surface area is 112 Å². The second kappa shape index (κ2) is 5.75. The highest BCUT2D eigenvalue weighted by Crippen LogP contribution is 2.22. The molecule has 1 aromatic carbocycles. The SMILES string of the molecule is CS(=O)(=O)Nc1cc(NC2CCCNC2)ccc1F. The molecule has 1 unspecified atom stereocenters. The van der Waals surface area contributed by atoms with E-state index in [1.165, 1.54) is 12.1 Å². The van der Waals surface area contributed by atoms with Crippen LogP contribution in [0.25, 0.3) is 0 Å². The minimum absolute atomic E-state index is 0.0312. The van der Waals surface area contributed by atoms with Crippen LogP contribution in [0, 0.1) is 5.82 Å². The molecule has 3 N–H and O–H groups in total. The molecule has 1 aromatic rings. The highest BCUT2D eigenvalue weighted by Gasteiger charge is 2.14. The molecular weight excluding hydrogens is 269 g/mol. The number of nitrogens with one attached hydrogen (secondary N) is 3. The second-order valence-corrected chi connectivity index (χ2v) is 6.50. The van der Waals surface area contributed by atoms with Gasteiger partial charge in [0.15, 0.2) is 0 Å². The molecule has 0 aliphatic carbocycles. The normalized spacial score (nSPS) is 20.0. The molecule has 0 radical (unpaired) electrons. The Bertz CT molecular complexity index is 542. The van der Waals surface area contributed by atoms with Gasteiger partial charge in [0.1, 0.15) is 5.82 Å². The van der Waals surface area contributed by atoms with Crippen LogP contribution in [0.5, 0.6) is 0 Å². The van der Waals surface area contributed by atoms with Crippen molar-refractivity contribution in [2.45, 2.75) is 18.9 Å². The summed E-state index contributed by atoms with van der Waals surface area (Å²) in [5, 5.41) is 6.54. The maximum absolute atomic E-state index is 13.5. The Hall–Kier alpha value is -1.34. The monoisotopic (exact) mass is 287 g/mol. The van der Waals surface area contributed by atoms with E-state index in [4.69, 9.17) is 0 Å². The van der Waals surface area contributed by atoms with Gasteiger partial charge in [-0.15, -0.1) is 0 Å². The molecule has 1 atom stereocenters. The summed E-state index contributed by atoms with van der Waals surface area (Å²) in [4.78, 5) is 0. The second-order valence-electron chi connectivity index (χ2n) is 4.76. The Kier molecular flexibility index (Phi) is 4.26. The minimum Gasteiger partial charge on any atom is -0.381 e. The number of hydrogen-bond donors (Lipinski definition) is 3. The van der Waals surface area contributed by atoms with Crippen LogP contribution in [0.2, 0.25) is 0 Å². The summed E-state index contributed by atoms with van der Waals surface area (Å²) in [5.41, 5.74) is 0.678. The summed E-state index contributed by atoms with van der Waals surface area (Å²) in [7, 11) is -3.48. The van der Waals surface area contributed by atoms with Gasteiger partial charge in [0.25, 0.3) is 0 Å². The van der Waals surface area contributed by atoms with Gasteiger partial charge in [0.2, 0.25) is 10.0 Å². The summed E-state index contributed by atoms with van der Waals surface area (Å²) < 4.78 is 38.0. The van der Waals surface area contributed by atoms with Gasteiger partial charge in [-0.05, 0) is 37.6 Å². The zero-order valence-electron chi connectivity index (χ0n) is 10.7. The molecule has 0 amide bonds. The van der Waals surface area contributed by atoms with Crippen molar-refractivity contribution in [3.05, 3.63) is 24.0 Å². The van der Waals surface area contributed by atoms with Crippen LogP contribution in [0.15, 0.2) is 18.2 Å². The van der Waals surface area contributed by atoms with E-state index < -0.39 is 15.8 Å². The lowest BCUT2D eigenvalue weighted by Crippen LogP contribution is -2.38.